The molecule has 0 aromatic heterocycles. The molecule has 0 aromatic carbocycles. The number of carbonyl (C=O) groups excluding carboxylic acids is 1. The zero-order chi connectivity index (χ0) is 17.5. The molecule has 0 saturated carbocycles. The Morgan fingerprint density at radius 3 is 2.09 bits per heavy atom. The van der Waals surface area contributed by atoms with Gasteiger partial charge in [-0.05, 0) is 65.0 Å². The van der Waals surface area contributed by atoms with Crippen LogP contribution in [-0.4, -0.2) is 53.6 Å². The number of alkyl halides is 1. The van der Waals surface area contributed by atoms with Crippen molar-refractivity contribution in [1.82, 2.24) is 9.80 Å². The minimum atomic E-state index is -1.03. The number of likely N-dealkylation sites (tertiary alicyclic amines) is 2. The molecular formula is C19H37FN2O. The van der Waals surface area contributed by atoms with Crippen molar-refractivity contribution in [3.8, 4) is 0 Å². The number of rotatable bonds is 4. The fraction of sp³-hybridized carbons (Fsp3) is 0.947. The first kappa shape index (κ1) is 20.4. The van der Waals surface area contributed by atoms with Gasteiger partial charge in [0.1, 0.15) is 5.67 Å². The lowest BCUT2D eigenvalue weighted by Crippen LogP contribution is -2.46. The van der Waals surface area contributed by atoms with Crippen LogP contribution >= 0.6 is 0 Å². The number of amides is 1. The lowest BCUT2D eigenvalue weighted by molar-refractivity contribution is -0.133. The largest absolute Gasteiger partial charge is 0.342 e. The van der Waals surface area contributed by atoms with Crippen LogP contribution in [0.5, 0.6) is 0 Å². The van der Waals surface area contributed by atoms with Crippen LogP contribution in [-0.2, 0) is 4.79 Å². The van der Waals surface area contributed by atoms with Crippen LogP contribution in [0.15, 0.2) is 0 Å². The van der Waals surface area contributed by atoms with Crippen molar-refractivity contribution in [2.24, 2.45) is 5.92 Å². The van der Waals surface area contributed by atoms with Gasteiger partial charge in [-0.3, -0.25) is 4.79 Å². The van der Waals surface area contributed by atoms with E-state index < -0.39 is 5.67 Å². The van der Waals surface area contributed by atoms with E-state index >= 15 is 4.39 Å². The fourth-order valence-corrected chi connectivity index (χ4v) is 3.78. The van der Waals surface area contributed by atoms with E-state index in [4.69, 9.17) is 0 Å². The Morgan fingerprint density at radius 2 is 1.65 bits per heavy atom. The van der Waals surface area contributed by atoms with Gasteiger partial charge in [-0.2, -0.15) is 0 Å². The molecule has 0 N–H and O–H groups in total. The van der Waals surface area contributed by atoms with Crippen LogP contribution in [0.3, 0.4) is 0 Å². The summed E-state index contributed by atoms with van der Waals surface area (Å²) in [6.45, 7) is 13.8. The normalized spacial score (nSPS) is 22.7. The summed E-state index contributed by atoms with van der Waals surface area (Å²) >= 11 is 0. The lowest BCUT2D eigenvalue weighted by Gasteiger charge is -2.41. The molecule has 136 valence electrons. The van der Waals surface area contributed by atoms with E-state index in [1.54, 1.807) is 0 Å². The van der Waals surface area contributed by atoms with E-state index in [9.17, 15) is 4.79 Å². The number of hydrogen-bond acceptors (Lipinski definition) is 2. The molecule has 2 rings (SSSR count). The zero-order valence-corrected chi connectivity index (χ0v) is 15.9. The van der Waals surface area contributed by atoms with Crippen molar-refractivity contribution in [1.29, 1.82) is 0 Å². The SMILES string of the molecule is CC.CCC(=O)N1CCC(F)(CC2CCN(C(C)C)CC2)CC1. The Hall–Kier alpha value is -0.640. The molecular weight excluding hydrogens is 291 g/mol. The van der Waals surface area contributed by atoms with Gasteiger partial charge in [0.25, 0.3) is 0 Å². The summed E-state index contributed by atoms with van der Waals surface area (Å²) in [5.74, 6) is 0.695. The van der Waals surface area contributed by atoms with Crippen LogP contribution in [0.2, 0.25) is 0 Å². The third kappa shape index (κ3) is 6.06. The minimum Gasteiger partial charge on any atom is -0.342 e. The minimum absolute atomic E-state index is 0.169. The maximum atomic E-state index is 15.0. The Balaban J connectivity index is 0.00000127. The summed E-state index contributed by atoms with van der Waals surface area (Å²) in [5, 5.41) is 0. The molecule has 4 heteroatoms. The van der Waals surface area contributed by atoms with Gasteiger partial charge in [0.2, 0.25) is 5.91 Å². The highest BCUT2D eigenvalue weighted by Crippen LogP contribution is 2.36. The van der Waals surface area contributed by atoms with E-state index in [-0.39, 0.29) is 5.91 Å². The number of carbonyl (C=O) groups is 1. The molecule has 23 heavy (non-hydrogen) atoms. The van der Waals surface area contributed by atoms with Gasteiger partial charge in [0.15, 0.2) is 0 Å². The zero-order valence-electron chi connectivity index (χ0n) is 15.9. The lowest BCUT2D eigenvalue weighted by atomic mass is 9.80. The molecule has 2 saturated heterocycles. The highest BCUT2D eigenvalue weighted by molar-refractivity contribution is 5.75. The highest BCUT2D eigenvalue weighted by atomic mass is 19.1. The molecule has 2 heterocycles. The highest BCUT2D eigenvalue weighted by Gasteiger charge is 2.38. The van der Waals surface area contributed by atoms with Gasteiger partial charge in [-0.25, -0.2) is 4.39 Å². The van der Waals surface area contributed by atoms with Crippen molar-refractivity contribution in [2.45, 2.75) is 84.9 Å². The predicted molar refractivity (Wildman–Crippen MR) is 95.3 cm³/mol. The van der Waals surface area contributed by atoms with E-state index in [2.05, 4.69) is 18.7 Å². The number of halogens is 1. The smallest absolute Gasteiger partial charge is 0.222 e. The molecule has 0 spiro atoms. The third-order valence-electron chi connectivity index (χ3n) is 5.35. The summed E-state index contributed by atoms with van der Waals surface area (Å²) in [7, 11) is 0. The Bertz CT molecular complexity index is 343. The number of nitrogens with zero attached hydrogens (tertiary/aromatic N) is 2. The maximum Gasteiger partial charge on any atom is 0.222 e. The van der Waals surface area contributed by atoms with Crippen LogP contribution in [0.25, 0.3) is 0 Å². The van der Waals surface area contributed by atoms with Gasteiger partial charge in [-0.15, -0.1) is 0 Å². The van der Waals surface area contributed by atoms with Crippen molar-refractivity contribution >= 4 is 5.91 Å². The van der Waals surface area contributed by atoms with Gasteiger partial charge in [-0.1, -0.05) is 20.8 Å². The molecule has 0 bridgehead atoms. The van der Waals surface area contributed by atoms with Crippen molar-refractivity contribution in [2.75, 3.05) is 26.2 Å². The summed E-state index contributed by atoms with van der Waals surface area (Å²) < 4.78 is 15.0. The molecule has 2 aliphatic rings. The molecule has 0 atom stereocenters. The summed E-state index contributed by atoms with van der Waals surface area (Å²) in [5.41, 5.74) is -1.03. The Labute approximate surface area is 142 Å². The van der Waals surface area contributed by atoms with Gasteiger partial charge in [0, 0.05) is 25.6 Å². The van der Waals surface area contributed by atoms with Gasteiger partial charge in [0.05, 0.1) is 0 Å². The molecule has 0 aliphatic carbocycles. The quantitative estimate of drug-likeness (QED) is 0.769. The van der Waals surface area contributed by atoms with E-state index in [0.29, 0.717) is 50.7 Å². The van der Waals surface area contributed by atoms with Gasteiger partial charge < -0.3 is 9.80 Å². The van der Waals surface area contributed by atoms with E-state index in [1.165, 1.54) is 0 Å². The maximum absolute atomic E-state index is 15.0. The van der Waals surface area contributed by atoms with Crippen LogP contribution < -0.4 is 0 Å². The number of hydrogen-bond donors (Lipinski definition) is 0. The summed E-state index contributed by atoms with van der Waals surface area (Å²) in [4.78, 5) is 16.0. The van der Waals surface area contributed by atoms with E-state index in [0.717, 1.165) is 25.9 Å². The van der Waals surface area contributed by atoms with Crippen LogP contribution in [0, 0.1) is 5.92 Å². The van der Waals surface area contributed by atoms with Crippen LogP contribution in [0.4, 0.5) is 4.39 Å². The Kier molecular flexibility index (Phi) is 8.52. The Morgan fingerprint density at radius 1 is 1.13 bits per heavy atom. The average Bonchev–Trinajstić information content (AvgIpc) is 2.57. The monoisotopic (exact) mass is 328 g/mol. The first-order chi connectivity index (χ1) is 10.9. The average molecular weight is 329 g/mol. The molecule has 2 fully saturated rings. The molecule has 1 amide bonds. The van der Waals surface area contributed by atoms with E-state index in [1.807, 2.05) is 25.7 Å². The summed E-state index contributed by atoms with van der Waals surface area (Å²) in [6, 6.07) is 0.605. The fourth-order valence-electron chi connectivity index (χ4n) is 3.78. The van der Waals surface area contributed by atoms with Gasteiger partial charge >= 0.3 is 0 Å². The second-order valence-electron chi connectivity index (χ2n) is 7.16. The first-order valence-corrected chi connectivity index (χ1v) is 9.64. The molecule has 2 aliphatic heterocycles. The topological polar surface area (TPSA) is 23.6 Å². The third-order valence-corrected chi connectivity index (χ3v) is 5.35. The van der Waals surface area contributed by atoms with Crippen molar-refractivity contribution in [3.63, 3.8) is 0 Å². The predicted octanol–water partition coefficient (Wildman–Crippen LogP) is 4.26. The van der Waals surface area contributed by atoms with Crippen LogP contribution in [0.1, 0.15) is 73.1 Å². The molecule has 0 aromatic rings. The second-order valence-corrected chi connectivity index (χ2v) is 7.16. The van der Waals surface area contributed by atoms with Crippen molar-refractivity contribution in [3.05, 3.63) is 0 Å². The molecule has 3 nitrogen and oxygen atoms in total. The second kappa shape index (κ2) is 9.61. The molecule has 0 radical (unpaired) electrons. The standard InChI is InChI=1S/C17H31FN2O.C2H6/c1-4-16(21)20-11-7-17(18,8-12-20)13-15-5-9-19(10-6-15)14(2)3;1-2/h14-15H,4-13H2,1-3H3;1-2H3. The molecule has 0 unspecified atom stereocenters. The summed E-state index contributed by atoms with van der Waals surface area (Å²) in [6.07, 6.45) is 4.55. The number of piperidine rings is 2. The van der Waals surface area contributed by atoms with Crippen molar-refractivity contribution < 1.29 is 9.18 Å². The first-order valence-electron chi connectivity index (χ1n) is 9.64.